The van der Waals surface area contributed by atoms with E-state index in [0.29, 0.717) is 18.5 Å². The predicted octanol–water partition coefficient (Wildman–Crippen LogP) is 3.81. The molecule has 2 aliphatic heterocycles. The smallest absolute Gasteiger partial charge is 0.414 e. The van der Waals surface area contributed by atoms with Gasteiger partial charge in [-0.3, -0.25) is 4.90 Å². The molecule has 3 atom stereocenters. The maximum Gasteiger partial charge on any atom is 0.414 e. The van der Waals surface area contributed by atoms with Gasteiger partial charge in [-0.1, -0.05) is 0 Å². The lowest BCUT2D eigenvalue weighted by atomic mass is 9.91. The molecule has 0 unspecified atom stereocenters. The number of anilines is 1. The number of allylic oxidation sites excluding steroid dienone is 1. The Morgan fingerprint density at radius 3 is 2.78 bits per heavy atom. The SMILES string of the molecule is COC(=O)N1c2ccc(/C(C=N)=C/N[C@H]3CCNC[C@@H]3F)c(OC3CCC3)c2CC[C@@H]1C. The van der Waals surface area contributed by atoms with Crippen LogP contribution in [0.15, 0.2) is 18.3 Å². The van der Waals surface area contributed by atoms with E-state index in [0.717, 1.165) is 61.2 Å². The molecule has 7 nitrogen and oxygen atoms in total. The first-order valence-corrected chi connectivity index (χ1v) is 11.5. The largest absolute Gasteiger partial charge is 0.489 e. The number of nitrogens with one attached hydrogen (secondary N) is 3. The van der Waals surface area contributed by atoms with E-state index in [4.69, 9.17) is 14.9 Å². The van der Waals surface area contributed by atoms with Gasteiger partial charge in [-0.2, -0.15) is 0 Å². The van der Waals surface area contributed by atoms with Crippen molar-refractivity contribution in [2.75, 3.05) is 25.1 Å². The fourth-order valence-corrected chi connectivity index (χ4v) is 4.60. The average Bonchev–Trinajstić information content (AvgIpc) is 2.77. The minimum atomic E-state index is -0.976. The van der Waals surface area contributed by atoms with Crippen molar-refractivity contribution in [3.63, 3.8) is 0 Å². The number of hydrogen-bond donors (Lipinski definition) is 3. The number of amides is 1. The highest BCUT2D eigenvalue weighted by molar-refractivity contribution is 6.10. The molecule has 32 heavy (non-hydrogen) atoms. The van der Waals surface area contributed by atoms with Gasteiger partial charge in [-0.15, -0.1) is 0 Å². The van der Waals surface area contributed by atoms with E-state index in [1.807, 2.05) is 19.1 Å². The molecule has 3 aliphatic rings. The van der Waals surface area contributed by atoms with Gasteiger partial charge in [0.05, 0.1) is 24.9 Å². The van der Waals surface area contributed by atoms with Crippen molar-refractivity contribution in [1.82, 2.24) is 10.6 Å². The van der Waals surface area contributed by atoms with Crippen molar-refractivity contribution in [2.24, 2.45) is 0 Å². The summed E-state index contributed by atoms with van der Waals surface area (Å²) in [4.78, 5) is 14.2. The minimum absolute atomic E-state index is 0.0261. The summed E-state index contributed by atoms with van der Waals surface area (Å²) in [7, 11) is 1.39. The summed E-state index contributed by atoms with van der Waals surface area (Å²) < 4.78 is 25.7. The summed E-state index contributed by atoms with van der Waals surface area (Å²) in [6, 6.07) is 3.55. The van der Waals surface area contributed by atoms with Crippen molar-refractivity contribution in [2.45, 2.75) is 69.8 Å². The fourth-order valence-electron chi connectivity index (χ4n) is 4.60. The number of nitrogens with zero attached hydrogens (tertiary/aromatic N) is 1. The molecule has 8 heteroatoms. The number of rotatable bonds is 6. The maximum absolute atomic E-state index is 14.2. The van der Waals surface area contributed by atoms with Crippen LogP contribution in [-0.2, 0) is 11.2 Å². The zero-order valence-corrected chi connectivity index (χ0v) is 18.8. The Bertz CT molecular complexity index is 886. The van der Waals surface area contributed by atoms with E-state index in [9.17, 15) is 9.18 Å². The van der Waals surface area contributed by atoms with Gasteiger partial charge in [0.1, 0.15) is 11.9 Å². The molecular weight excluding hydrogens is 411 g/mol. The second kappa shape index (κ2) is 9.90. The molecule has 2 fully saturated rings. The van der Waals surface area contributed by atoms with Gasteiger partial charge in [0.25, 0.3) is 0 Å². The second-order valence-electron chi connectivity index (χ2n) is 8.86. The molecule has 1 aliphatic carbocycles. The summed E-state index contributed by atoms with van der Waals surface area (Å²) in [5, 5.41) is 14.3. The van der Waals surface area contributed by atoms with Crippen LogP contribution in [-0.4, -0.2) is 56.9 Å². The number of fused-ring (bicyclic) bond motifs is 1. The molecule has 0 spiro atoms. The van der Waals surface area contributed by atoms with Crippen molar-refractivity contribution in [3.05, 3.63) is 29.5 Å². The molecule has 3 N–H and O–H groups in total. The van der Waals surface area contributed by atoms with Gasteiger partial charge in [0, 0.05) is 41.7 Å². The molecule has 1 saturated carbocycles. The summed E-state index contributed by atoms with van der Waals surface area (Å²) >= 11 is 0. The van der Waals surface area contributed by atoms with Crippen LogP contribution in [0.25, 0.3) is 5.57 Å². The Kier molecular flexibility index (Phi) is 6.98. The molecule has 2 heterocycles. The fraction of sp³-hybridized carbons (Fsp3) is 0.583. The third-order valence-electron chi connectivity index (χ3n) is 6.78. The number of ether oxygens (including phenoxy) is 2. The Hall–Kier alpha value is -2.61. The first-order chi connectivity index (χ1) is 15.5. The highest BCUT2D eigenvalue weighted by atomic mass is 19.1. The normalized spacial score (nSPS) is 26.0. The van der Waals surface area contributed by atoms with E-state index < -0.39 is 6.17 Å². The number of alkyl halides is 1. The number of halogens is 1. The minimum Gasteiger partial charge on any atom is -0.489 e. The number of carbonyl (C=O) groups excluding carboxylic acids is 1. The lowest BCUT2D eigenvalue weighted by molar-refractivity contribution is 0.118. The molecule has 1 aromatic rings. The first-order valence-electron chi connectivity index (χ1n) is 11.5. The van der Waals surface area contributed by atoms with E-state index in [-0.39, 0.29) is 24.3 Å². The number of benzene rings is 1. The second-order valence-corrected chi connectivity index (χ2v) is 8.86. The topological polar surface area (TPSA) is 86.7 Å². The Morgan fingerprint density at radius 1 is 1.31 bits per heavy atom. The van der Waals surface area contributed by atoms with Crippen molar-refractivity contribution in [1.29, 1.82) is 5.41 Å². The number of hydrogen-bond acceptors (Lipinski definition) is 6. The van der Waals surface area contributed by atoms with Crippen LogP contribution in [0, 0.1) is 5.41 Å². The van der Waals surface area contributed by atoms with E-state index in [2.05, 4.69) is 10.6 Å². The Balaban J connectivity index is 1.71. The lowest BCUT2D eigenvalue weighted by Crippen LogP contribution is -2.47. The van der Waals surface area contributed by atoms with Crippen molar-refractivity contribution >= 4 is 23.6 Å². The predicted molar refractivity (Wildman–Crippen MR) is 123 cm³/mol. The van der Waals surface area contributed by atoms with Gasteiger partial charge in [-0.05, 0) is 64.1 Å². The first kappa shape index (κ1) is 22.6. The van der Waals surface area contributed by atoms with Crippen LogP contribution in [0.5, 0.6) is 5.75 Å². The monoisotopic (exact) mass is 444 g/mol. The number of carbonyl (C=O) groups is 1. The van der Waals surface area contributed by atoms with Crippen LogP contribution in [0.1, 0.15) is 50.2 Å². The van der Waals surface area contributed by atoms with Gasteiger partial charge >= 0.3 is 6.09 Å². The summed E-state index contributed by atoms with van der Waals surface area (Å²) in [5.41, 5.74) is 3.20. The van der Waals surface area contributed by atoms with E-state index in [1.54, 1.807) is 11.1 Å². The summed E-state index contributed by atoms with van der Waals surface area (Å²) in [6.07, 6.45) is 7.20. The van der Waals surface area contributed by atoms with E-state index in [1.165, 1.54) is 13.3 Å². The molecule has 174 valence electrons. The van der Waals surface area contributed by atoms with Gasteiger partial charge in [-0.25, -0.2) is 9.18 Å². The van der Waals surface area contributed by atoms with E-state index >= 15 is 0 Å². The van der Waals surface area contributed by atoms with Crippen molar-refractivity contribution < 1.29 is 18.7 Å². The molecule has 1 aromatic carbocycles. The Morgan fingerprint density at radius 2 is 2.12 bits per heavy atom. The van der Waals surface area contributed by atoms with Gasteiger partial charge in [0.15, 0.2) is 0 Å². The molecule has 0 bridgehead atoms. The standard InChI is InChI=1S/C24H33FN4O3/c1-15-6-7-19-22(29(15)24(30)31-2)9-8-18(23(19)32-17-4-3-5-17)16(12-26)13-28-21-10-11-27-14-20(21)25/h8-9,12-13,15,17,20-21,26-28H,3-7,10-11,14H2,1-2H3/b16-13+,26-12?/t15-,20-,21-/m0/s1. The van der Waals surface area contributed by atoms with Crippen LogP contribution >= 0.6 is 0 Å². The van der Waals surface area contributed by atoms with Gasteiger partial charge < -0.3 is 25.5 Å². The van der Waals surface area contributed by atoms with Crippen LogP contribution in [0.3, 0.4) is 0 Å². The zero-order valence-electron chi connectivity index (χ0n) is 18.8. The average molecular weight is 445 g/mol. The van der Waals surface area contributed by atoms with Gasteiger partial charge in [0.2, 0.25) is 0 Å². The molecule has 1 amide bonds. The summed E-state index contributed by atoms with van der Waals surface area (Å²) in [6.45, 7) is 3.11. The number of methoxy groups -OCH3 is 1. The quantitative estimate of drug-likeness (QED) is 0.581. The van der Waals surface area contributed by atoms with Crippen LogP contribution < -0.4 is 20.3 Å². The molecule has 0 aromatic heterocycles. The molecule has 4 rings (SSSR count). The summed E-state index contributed by atoms with van der Waals surface area (Å²) in [5.74, 6) is 0.728. The highest BCUT2D eigenvalue weighted by Crippen LogP contribution is 2.43. The molecule has 0 radical (unpaired) electrons. The number of piperidine rings is 1. The van der Waals surface area contributed by atoms with Crippen molar-refractivity contribution in [3.8, 4) is 5.75 Å². The third kappa shape index (κ3) is 4.46. The zero-order chi connectivity index (χ0) is 22.7. The molecule has 1 saturated heterocycles. The van der Waals surface area contributed by atoms with Crippen LogP contribution in [0.4, 0.5) is 14.9 Å². The molecular formula is C24H33FN4O3. The third-order valence-corrected chi connectivity index (χ3v) is 6.78. The highest BCUT2D eigenvalue weighted by Gasteiger charge is 2.33. The van der Waals surface area contributed by atoms with Crippen LogP contribution in [0.2, 0.25) is 0 Å². The maximum atomic E-state index is 14.2. The lowest BCUT2D eigenvalue weighted by Gasteiger charge is -2.37. The Labute approximate surface area is 188 Å².